The Morgan fingerprint density at radius 2 is 1.75 bits per heavy atom. The largest absolute Gasteiger partial charge is 0.485 e. The van der Waals surface area contributed by atoms with E-state index in [1.165, 1.54) is 0 Å². The average Bonchev–Trinajstić information content (AvgIpc) is 2.39. The number of halogens is 2. The van der Waals surface area contributed by atoms with E-state index in [0.717, 1.165) is 33.9 Å². The molecule has 1 aliphatic rings. The number of ether oxygens (including phenoxy) is 1. The van der Waals surface area contributed by atoms with E-state index in [1.807, 2.05) is 43.3 Å². The van der Waals surface area contributed by atoms with Crippen molar-refractivity contribution in [1.29, 1.82) is 0 Å². The Morgan fingerprint density at radius 1 is 1.05 bits per heavy atom. The highest BCUT2D eigenvalue weighted by Gasteiger charge is 2.28. The van der Waals surface area contributed by atoms with E-state index >= 15 is 0 Å². The van der Waals surface area contributed by atoms with E-state index in [4.69, 9.17) is 33.7 Å². The van der Waals surface area contributed by atoms with Crippen LogP contribution in [0.2, 0.25) is 10.0 Å². The molecule has 2 nitrogen and oxygen atoms in total. The monoisotopic (exact) mass is 307 g/mol. The van der Waals surface area contributed by atoms with Gasteiger partial charge >= 0.3 is 0 Å². The van der Waals surface area contributed by atoms with Crippen LogP contribution in [0.5, 0.6) is 5.75 Å². The normalized spacial score (nSPS) is 21.2. The number of rotatable bonds is 1. The minimum Gasteiger partial charge on any atom is -0.485 e. The Kier molecular flexibility index (Phi) is 3.63. The molecule has 0 saturated carbocycles. The lowest BCUT2D eigenvalue weighted by Crippen LogP contribution is -2.24. The van der Waals surface area contributed by atoms with Gasteiger partial charge in [-0.3, -0.25) is 0 Å². The molecule has 1 unspecified atom stereocenters. The molecule has 0 saturated heterocycles. The quantitative estimate of drug-likeness (QED) is 0.819. The number of benzene rings is 2. The molecule has 2 atom stereocenters. The first-order valence-corrected chi connectivity index (χ1v) is 7.28. The van der Waals surface area contributed by atoms with Gasteiger partial charge in [-0.25, -0.2) is 0 Å². The molecule has 2 N–H and O–H groups in total. The second kappa shape index (κ2) is 5.28. The lowest BCUT2D eigenvalue weighted by Gasteiger charge is -2.31. The summed E-state index contributed by atoms with van der Waals surface area (Å²) in [5.74, 6) is 0.813. The van der Waals surface area contributed by atoms with Crippen LogP contribution in [0.25, 0.3) is 0 Å². The second-order valence-corrected chi connectivity index (χ2v) is 6.00. The van der Waals surface area contributed by atoms with Crippen LogP contribution < -0.4 is 10.5 Å². The molecular formula is C16H15Cl2NO. The summed E-state index contributed by atoms with van der Waals surface area (Å²) in [4.78, 5) is 0. The van der Waals surface area contributed by atoms with Crippen LogP contribution in [0.1, 0.15) is 35.3 Å². The predicted octanol–water partition coefficient (Wildman–Crippen LogP) is 4.83. The fourth-order valence-electron chi connectivity index (χ4n) is 2.67. The van der Waals surface area contributed by atoms with E-state index in [0.29, 0.717) is 5.02 Å². The summed E-state index contributed by atoms with van der Waals surface area (Å²) in [7, 11) is 0. The zero-order valence-corrected chi connectivity index (χ0v) is 12.6. The highest BCUT2D eigenvalue weighted by Crippen LogP contribution is 2.41. The predicted molar refractivity (Wildman–Crippen MR) is 82.6 cm³/mol. The first kappa shape index (κ1) is 13.7. The van der Waals surface area contributed by atoms with Crippen molar-refractivity contribution in [3.8, 4) is 5.75 Å². The van der Waals surface area contributed by atoms with Gasteiger partial charge in [0.1, 0.15) is 11.9 Å². The SMILES string of the molecule is Cc1cc(Cl)ccc1C1C[C@H](N)c2cc(Cl)ccc2O1. The zero-order chi connectivity index (χ0) is 14.3. The molecule has 0 spiro atoms. The lowest BCUT2D eigenvalue weighted by atomic mass is 9.92. The van der Waals surface area contributed by atoms with Crippen LogP contribution >= 0.6 is 23.2 Å². The Hall–Kier alpha value is -1.22. The van der Waals surface area contributed by atoms with Gasteiger partial charge in [0, 0.05) is 28.1 Å². The van der Waals surface area contributed by atoms with E-state index in [-0.39, 0.29) is 12.1 Å². The van der Waals surface area contributed by atoms with Gasteiger partial charge in [0.15, 0.2) is 0 Å². The van der Waals surface area contributed by atoms with Crippen molar-refractivity contribution in [2.45, 2.75) is 25.5 Å². The van der Waals surface area contributed by atoms with E-state index in [1.54, 1.807) is 0 Å². The zero-order valence-electron chi connectivity index (χ0n) is 11.1. The topological polar surface area (TPSA) is 35.2 Å². The van der Waals surface area contributed by atoms with Gasteiger partial charge < -0.3 is 10.5 Å². The van der Waals surface area contributed by atoms with Crippen LogP contribution in [-0.4, -0.2) is 0 Å². The minimum atomic E-state index is -0.0717. The molecule has 0 radical (unpaired) electrons. The second-order valence-electron chi connectivity index (χ2n) is 5.13. The van der Waals surface area contributed by atoms with Crippen LogP contribution in [0, 0.1) is 6.92 Å². The first-order valence-electron chi connectivity index (χ1n) is 6.52. The van der Waals surface area contributed by atoms with Gasteiger partial charge in [-0.1, -0.05) is 29.3 Å². The van der Waals surface area contributed by atoms with Gasteiger partial charge in [-0.2, -0.15) is 0 Å². The number of aryl methyl sites for hydroxylation is 1. The molecule has 104 valence electrons. The summed E-state index contributed by atoms with van der Waals surface area (Å²) in [6.45, 7) is 2.04. The summed E-state index contributed by atoms with van der Waals surface area (Å²) in [5, 5.41) is 1.42. The average molecular weight is 308 g/mol. The van der Waals surface area contributed by atoms with Crippen molar-refractivity contribution in [3.63, 3.8) is 0 Å². The third-order valence-electron chi connectivity index (χ3n) is 3.69. The van der Waals surface area contributed by atoms with Gasteiger partial charge in [0.25, 0.3) is 0 Å². The third-order valence-corrected chi connectivity index (χ3v) is 4.16. The molecule has 2 aromatic carbocycles. The smallest absolute Gasteiger partial charge is 0.126 e. The third kappa shape index (κ3) is 2.51. The molecule has 2 aromatic rings. The minimum absolute atomic E-state index is 0.0454. The molecule has 0 fully saturated rings. The molecule has 0 aromatic heterocycles. The number of hydrogen-bond donors (Lipinski definition) is 1. The summed E-state index contributed by atoms with van der Waals surface area (Å²) in [5.41, 5.74) is 9.48. The molecule has 4 heteroatoms. The highest BCUT2D eigenvalue weighted by atomic mass is 35.5. The van der Waals surface area contributed by atoms with Crippen LogP contribution in [0.3, 0.4) is 0 Å². The van der Waals surface area contributed by atoms with Crippen molar-refractivity contribution < 1.29 is 4.74 Å². The van der Waals surface area contributed by atoms with E-state index < -0.39 is 0 Å². The highest BCUT2D eigenvalue weighted by molar-refractivity contribution is 6.31. The number of hydrogen-bond acceptors (Lipinski definition) is 2. The van der Waals surface area contributed by atoms with Gasteiger partial charge in [0.05, 0.1) is 0 Å². The maximum Gasteiger partial charge on any atom is 0.126 e. The van der Waals surface area contributed by atoms with Gasteiger partial charge in [0.2, 0.25) is 0 Å². The van der Waals surface area contributed by atoms with Gasteiger partial charge in [-0.05, 0) is 48.4 Å². The van der Waals surface area contributed by atoms with Gasteiger partial charge in [-0.15, -0.1) is 0 Å². The number of nitrogens with two attached hydrogens (primary N) is 1. The summed E-state index contributed by atoms with van der Waals surface area (Å²) < 4.78 is 6.08. The molecule has 1 aliphatic heterocycles. The van der Waals surface area contributed by atoms with Crippen molar-refractivity contribution in [2.24, 2.45) is 5.73 Å². The van der Waals surface area contributed by atoms with Crippen molar-refractivity contribution in [1.82, 2.24) is 0 Å². The Labute approximate surface area is 128 Å². The first-order chi connectivity index (χ1) is 9.54. The molecule has 1 heterocycles. The maximum atomic E-state index is 6.26. The Bertz CT molecular complexity index is 657. The molecule has 0 aliphatic carbocycles. The van der Waals surface area contributed by atoms with E-state index in [2.05, 4.69) is 0 Å². The Balaban J connectivity index is 1.97. The summed E-state index contributed by atoms with van der Waals surface area (Å²) >= 11 is 12.0. The Morgan fingerprint density at radius 3 is 2.50 bits per heavy atom. The summed E-state index contributed by atoms with van der Waals surface area (Å²) in [6, 6.07) is 11.4. The molecule has 0 bridgehead atoms. The maximum absolute atomic E-state index is 6.26. The standard InChI is InChI=1S/C16H15Cl2NO/c1-9-6-10(17)2-4-12(9)16-8-14(19)13-7-11(18)3-5-15(13)20-16/h2-7,14,16H,8,19H2,1H3/t14-,16?/m0/s1. The van der Waals surface area contributed by atoms with Crippen LogP contribution in [0.15, 0.2) is 36.4 Å². The number of fused-ring (bicyclic) bond motifs is 1. The van der Waals surface area contributed by atoms with Crippen LogP contribution in [0.4, 0.5) is 0 Å². The molecule has 3 rings (SSSR count). The van der Waals surface area contributed by atoms with Crippen LogP contribution in [-0.2, 0) is 0 Å². The fraction of sp³-hybridized carbons (Fsp3) is 0.250. The van der Waals surface area contributed by atoms with Crippen molar-refractivity contribution in [2.75, 3.05) is 0 Å². The lowest BCUT2D eigenvalue weighted by molar-refractivity contribution is 0.161. The fourth-order valence-corrected chi connectivity index (χ4v) is 3.07. The van der Waals surface area contributed by atoms with Crippen molar-refractivity contribution >= 4 is 23.2 Å². The summed E-state index contributed by atoms with van der Waals surface area (Å²) in [6.07, 6.45) is 0.687. The van der Waals surface area contributed by atoms with Crippen molar-refractivity contribution in [3.05, 3.63) is 63.1 Å². The molecule has 20 heavy (non-hydrogen) atoms. The van der Waals surface area contributed by atoms with E-state index in [9.17, 15) is 0 Å². The molecular weight excluding hydrogens is 293 g/mol. The molecule has 0 amide bonds.